The highest BCUT2D eigenvalue weighted by Crippen LogP contribution is 2.30. The molecule has 0 spiro atoms. The van der Waals surface area contributed by atoms with E-state index in [9.17, 15) is 13.2 Å². The molecule has 7 nitrogen and oxygen atoms in total. The molecule has 0 aliphatic carbocycles. The molecule has 34 heavy (non-hydrogen) atoms. The lowest BCUT2D eigenvalue weighted by atomic mass is 10.1. The van der Waals surface area contributed by atoms with Crippen LogP contribution in [0.25, 0.3) is 10.2 Å². The first-order valence-electron chi connectivity index (χ1n) is 11.9. The first kappa shape index (κ1) is 23.4. The number of benzene rings is 2. The first-order chi connectivity index (χ1) is 16.5. The third kappa shape index (κ3) is 5.02. The molecule has 1 aromatic heterocycles. The van der Waals surface area contributed by atoms with E-state index in [1.165, 1.54) is 11.3 Å². The number of sulfonamides is 1. The van der Waals surface area contributed by atoms with Crippen molar-refractivity contribution in [2.45, 2.75) is 49.5 Å². The van der Waals surface area contributed by atoms with Crippen LogP contribution in [0.3, 0.4) is 0 Å². The Balaban J connectivity index is 1.34. The molecule has 2 fully saturated rings. The van der Waals surface area contributed by atoms with Crippen molar-refractivity contribution >= 4 is 42.6 Å². The maximum atomic E-state index is 13.4. The molecule has 180 valence electrons. The molecule has 0 N–H and O–H groups in total. The number of carbonyl (C=O) groups excluding carboxylic acids is 1. The van der Waals surface area contributed by atoms with Crippen molar-refractivity contribution in [2.24, 2.45) is 0 Å². The summed E-state index contributed by atoms with van der Waals surface area (Å²) < 4.78 is 34.2. The molecule has 3 aromatic rings. The predicted octanol–water partition coefficient (Wildman–Crippen LogP) is 4.23. The van der Waals surface area contributed by atoms with E-state index in [4.69, 9.17) is 9.72 Å². The van der Waals surface area contributed by atoms with E-state index in [0.29, 0.717) is 24.8 Å². The van der Waals surface area contributed by atoms with E-state index in [1.807, 2.05) is 24.3 Å². The van der Waals surface area contributed by atoms with Crippen molar-refractivity contribution in [2.75, 3.05) is 31.1 Å². The van der Waals surface area contributed by atoms with Crippen LogP contribution in [0.5, 0.6) is 0 Å². The number of carbonyl (C=O) groups is 1. The van der Waals surface area contributed by atoms with E-state index in [2.05, 4.69) is 0 Å². The smallest absolute Gasteiger partial charge is 0.243 e. The van der Waals surface area contributed by atoms with Crippen LogP contribution in [0, 0.1) is 0 Å². The minimum absolute atomic E-state index is 0.00743. The highest BCUT2D eigenvalue weighted by atomic mass is 32.2. The van der Waals surface area contributed by atoms with E-state index < -0.39 is 10.0 Å². The molecule has 0 radical (unpaired) electrons. The van der Waals surface area contributed by atoms with Gasteiger partial charge in [-0.2, -0.15) is 4.31 Å². The highest BCUT2D eigenvalue weighted by Gasteiger charge is 2.28. The van der Waals surface area contributed by atoms with Crippen LogP contribution in [0.2, 0.25) is 0 Å². The lowest BCUT2D eigenvalue weighted by Gasteiger charge is -2.26. The number of hydrogen-bond donors (Lipinski definition) is 0. The van der Waals surface area contributed by atoms with Crippen LogP contribution in [-0.2, 0) is 26.0 Å². The summed E-state index contributed by atoms with van der Waals surface area (Å²) in [6.45, 7) is 2.34. The van der Waals surface area contributed by atoms with Gasteiger partial charge in [-0.1, -0.05) is 42.0 Å². The molecule has 1 amide bonds. The van der Waals surface area contributed by atoms with E-state index in [0.717, 1.165) is 54.5 Å². The summed E-state index contributed by atoms with van der Waals surface area (Å²) in [5.74, 6) is -0.0683. The van der Waals surface area contributed by atoms with Gasteiger partial charge in [0.25, 0.3) is 0 Å². The van der Waals surface area contributed by atoms with E-state index in [1.54, 1.807) is 33.5 Å². The molecule has 9 heteroatoms. The molecule has 3 heterocycles. The Morgan fingerprint density at radius 2 is 1.82 bits per heavy atom. The zero-order valence-electron chi connectivity index (χ0n) is 19.1. The Morgan fingerprint density at radius 3 is 2.53 bits per heavy atom. The number of ether oxygens (including phenoxy) is 1. The Hall–Kier alpha value is -2.33. The lowest BCUT2D eigenvalue weighted by Crippen LogP contribution is -2.38. The summed E-state index contributed by atoms with van der Waals surface area (Å²) in [6, 6.07) is 14.6. The predicted molar refractivity (Wildman–Crippen MR) is 134 cm³/mol. The minimum atomic E-state index is -3.48. The van der Waals surface area contributed by atoms with Crippen molar-refractivity contribution in [3.05, 3.63) is 54.1 Å². The normalized spacial score (nSPS) is 19.5. The van der Waals surface area contributed by atoms with Crippen molar-refractivity contribution in [3.63, 3.8) is 0 Å². The summed E-state index contributed by atoms with van der Waals surface area (Å²) in [7, 11) is -3.48. The Bertz CT molecular complexity index is 1210. The fourth-order valence-electron chi connectivity index (χ4n) is 4.56. The van der Waals surface area contributed by atoms with Crippen LogP contribution in [0.1, 0.15) is 37.7 Å². The number of rotatable bonds is 7. The van der Waals surface area contributed by atoms with Gasteiger partial charge >= 0.3 is 0 Å². The highest BCUT2D eigenvalue weighted by molar-refractivity contribution is 7.89. The minimum Gasteiger partial charge on any atom is -0.376 e. The number of fused-ring (bicyclic) bond motifs is 1. The van der Waals surface area contributed by atoms with Crippen LogP contribution in [0.4, 0.5) is 5.13 Å². The molecule has 2 saturated heterocycles. The molecule has 1 unspecified atom stereocenters. The monoisotopic (exact) mass is 499 g/mol. The molecule has 0 saturated carbocycles. The summed E-state index contributed by atoms with van der Waals surface area (Å²) in [5.41, 5.74) is 1.65. The molecule has 2 aliphatic rings. The average molecular weight is 500 g/mol. The summed E-state index contributed by atoms with van der Waals surface area (Å²) in [5, 5.41) is 0.672. The molecular weight excluding hydrogens is 470 g/mol. The van der Waals surface area contributed by atoms with Crippen LogP contribution in [0.15, 0.2) is 53.4 Å². The Kier molecular flexibility index (Phi) is 6.96. The van der Waals surface area contributed by atoms with Gasteiger partial charge < -0.3 is 4.74 Å². The van der Waals surface area contributed by atoms with Gasteiger partial charge in [-0.3, -0.25) is 9.69 Å². The number of amides is 1. The summed E-state index contributed by atoms with van der Waals surface area (Å²) in [4.78, 5) is 20.1. The molecule has 1 atom stereocenters. The zero-order valence-corrected chi connectivity index (χ0v) is 20.7. The average Bonchev–Trinajstić information content (AvgIpc) is 3.53. The molecule has 0 bridgehead atoms. The number of hydrogen-bond acceptors (Lipinski definition) is 6. The summed E-state index contributed by atoms with van der Waals surface area (Å²) >= 11 is 1.50. The second-order valence-electron chi connectivity index (χ2n) is 8.89. The van der Waals surface area contributed by atoms with Gasteiger partial charge in [0, 0.05) is 19.7 Å². The Labute approximate surface area is 204 Å². The van der Waals surface area contributed by atoms with Gasteiger partial charge in [0.2, 0.25) is 15.9 Å². The van der Waals surface area contributed by atoms with Gasteiger partial charge in [-0.25, -0.2) is 13.4 Å². The van der Waals surface area contributed by atoms with Gasteiger partial charge in [0.05, 0.1) is 34.2 Å². The molecule has 2 aromatic carbocycles. The fourth-order valence-corrected chi connectivity index (χ4v) is 7.07. The van der Waals surface area contributed by atoms with Crippen LogP contribution < -0.4 is 4.90 Å². The first-order valence-corrected chi connectivity index (χ1v) is 14.1. The number of anilines is 1. The van der Waals surface area contributed by atoms with Crippen LogP contribution >= 0.6 is 11.3 Å². The number of nitrogens with zero attached hydrogens (tertiary/aromatic N) is 3. The third-order valence-corrected chi connectivity index (χ3v) is 9.43. The van der Waals surface area contributed by atoms with Crippen molar-refractivity contribution in [1.82, 2.24) is 9.29 Å². The second kappa shape index (κ2) is 10.1. The molecular formula is C25H29N3O4S2. The molecule has 2 aliphatic heterocycles. The van der Waals surface area contributed by atoms with E-state index in [-0.39, 0.29) is 23.3 Å². The maximum absolute atomic E-state index is 13.4. The van der Waals surface area contributed by atoms with Crippen LogP contribution in [-0.4, -0.2) is 56.0 Å². The van der Waals surface area contributed by atoms with Gasteiger partial charge in [0.15, 0.2) is 5.13 Å². The largest absolute Gasteiger partial charge is 0.376 e. The maximum Gasteiger partial charge on any atom is 0.243 e. The van der Waals surface area contributed by atoms with Crippen molar-refractivity contribution in [1.29, 1.82) is 0 Å². The second-order valence-corrected chi connectivity index (χ2v) is 11.8. The van der Waals surface area contributed by atoms with Gasteiger partial charge in [0.1, 0.15) is 0 Å². The number of para-hydroxylation sites is 1. The lowest BCUT2D eigenvalue weighted by molar-refractivity contribution is -0.118. The topological polar surface area (TPSA) is 79.8 Å². The fraction of sp³-hybridized carbons (Fsp3) is 0.440. The van der Waals surface area contributed by atoms with Crippen molar-refractivity contribution in [3.8, 4) is 0 Å². The third-order valence-electron chi connectivity index (χ3n) is 6.46. The van der Waals surface area contributed by atoms with E-state index >= 15 is 0 Å². The number of thiazole rings is 1. The SMILES string of the molecule is O=C(Cc1ccc(S(=O)(=O)N2CCCCC2)cc1)N(CC1CCCO1)c1nc2ccccc2s1. The number of aromatic nitrogens is 1. The van der Waals surface area contributed by atoms with Gasteiger partial charge in [-0.05, 0) is 55.5 Å². The van der Waals surface area contributed by atoms with Gasteiger partial charge in [-0.15, -0.1) is 0 Å². The molecule has 5 rings (SSSR count). The standard InChI is InChI=1S/C25H29N3O4S2/c29-24(17-19-10-12-21(13-11-19)34(30,31)27-14-4-1-5-15-27)28(18-20-7-6-16-32-20)25-26-22-8-2-3-9-23(22)33-25/h2-3,8-13,20H,1,4-7,14-18H2. The summed E-state index contributed by atoms with van der Waals surface area (Å²) in [6.07, 6.45) is 4.98. The van der Waals surface area contributed by atoms with Crippen molar-refractivity contribution < 1.29 is 17.9 Å². The zero-order chi connectivity index (χ0) is 23.5. The Morgan fingerprint density at radius 1 is 1.06 bits per heavy atom. The quantitative estimate of drug-likeness (QED) is 0.486. The number of piperidine rings is 1.